The van der Waals surface area contributed by atoms with Crippen LogP contribution < -0.4 is 5.32 Å². The number of methoxy groups -OCH3 is 1. The molecule has 0 aliphatic heterocycles. The molecule has 0 aliphatic carbocycles. The number of hydrogen-bond acceptors (Lipinski definition) is 3. The third-order valence-electron chi connectivity index (χ3n) is 1.72. The molecule has 0 aromatic heterocycles. The second-order valence-corrected chi connectivity index (χ2v) is 3.73. The van der Waals surface area contributed by atoms with Gasteiger partial charge in [-0.15, -0.1) is 0 Å². The number of carboxylic acid groups (broad SMARTS) is 1. The number of hydrogen-bond donors (Lipinski definition) is 2. The minimum atomic E-state index is -0.774. The topological polar surface area (TPSA) is 58.6 Å². The largest absolute Gasteiger partial charge is 0.481 e. The summed E-state index contributed by atoms with van der Waals surface area (Å²) in [4.78, 5) is 10.4. The van der Waals surface area contributed by atoms with Gasteiger partial charge in [0.15, 0.2) is 0 Å². The number of carbonyl (C=O) groups is 1. The molecule has 4 nitrogen and oxygen atoms in total. The lowest BCUT2D eigenvalue weighted by Crippen LogP contribution is -2.41. The van der Waals surface area contributed by atoms with Crippen LogP contribution in [0.3, 0.4) is 0 Å². The van der Waals surface area contributed by atoms with E-state index in [-0.39, 0.29) is 12.0 Å². The van der Waals surface area contributed by atoms with Crippen molar-refractivity contribution < 1.29 is 14.6 Å². The number of carboxylic acids is 1. The van der Waals surface area contributed by atoms with Crippen LogP contribution in [0.15, 0.2) is 0 Å². The molecule has 0 spiro atoms. The molecule has 13 heavy (non-hydrogen) atoms. The average molecular weight is 189 g/mol. The van der Waals surface area contributed by atoms with Gasteiger partial charge in [0.05, 0.1) is 6.42 Å². The Morgan fingerprint density at radius 2 is 2.15 bits per heavy atom. The second-order valence-electron chi connectivity index (χ2n) is 3.73. The van der Waals surface area contributed by atoms with Crippen molar-refractivity contribution in [1.29, 1.82) is 0 Å². The van der Waals surface area contributed by atoms with Crippen LogP contribution in [0, 0.1) is 0 Å². The van der Waals surface area contributed by atoms with Crippen molar-refractivity contribution >= 4 is 5.97 Å². The van der Waals surface area contributed by atoms with E-state index >= 15 is 0 Å². The van der Waals surface area contributed by atoms with Crippen molar-refractivity contribution in [3.63, 3.8) is 0 Å². The van der Waals surface area contributed by atoms with Gasteiger partial charge in [0.1, 0.15) is 0 Å². The molecular formula is C9H19NO3. The first kappa shape index (κ1) is 12.4. The van der Waals surface area contributed by atoms with Gasteiger partial charge in [-0.25, -0.2) is 0 Å². The molecule has 0 saturated carbocycles. The van der Waals surface area contributed by atoms with Gasteiger partial charge in [-0.2, -0.15) is 0 Å². The zero-order valence-corrected chi connectivity index (χ0v) is 8.59. The van der Waals surface area contributed by atoms with Gasteiger partial charge in [0.25, 0.3) is 0 Å². The van der Waals surface area contributed by atoms with E-state index < -0.39 is 5.97 Å². The molecule has 0 aromatic carbocycles. The van der Waals surface area contributed by atoms with E-state index in [1.165, 1.54) is 0 Å². The Kier molecular flexibility index (Phi) is 5.66. The lowest BCUT2D eigenvalue weighted by atomic mass is 10.0. The molecule has 0 rings (SSSR count). The average Bonchev–Trinajstić information content (AvgIpc) is 1.95. The van der Waals surface area contributed by atoms with Crippen LogP contribution in [0.4, 0.5) is 0 Å². The fourth-order valence-corrected chi connectivity index (χ4v) is 1.08. The third kappa shape index (κ3) is 7.74. The summed E-state index contributed by atoms with van der Waals surface area (Å²) in [7, 11) is 1.66. The first-order valence-electron chi connectivity index (χ1n) is 4.44. The van der Waals surface area contributed by atoms with E-state index in [0.717, 1.165) is 13.0 Å². The van der Waals surface area contributed by atoms with Gasteiger partial charge in [-0.05, 0) is 26.8 Å². The second kappa shape index (κ2) is 5.94. The van der Waals surface area contributed by atoms with E-state index in [1.807, 2.05) is 13.8 Å². The third-order valence-corrected chi connectivity index (χ3v) is 1.72. The molecule has 0 aliphatic rings. The number of ether oxygens (including phenoxy) is 1. The highest BCUT2D eigenvalue weighted by Crippen LogP contribution is 2.07. The van der Waals surface area contributed by atoms with Crippen LogP contribution in [-0.4, -0.2) is 36.9 Å². The standard InChI is InChI=1S/C9H19NO3/c1-9(2,7-8(11)12)10-5-4-6-13-3/h10H,4-7H2,1-3H3,(H,11,12). The Morgan fingerprint density at radius 1 is 1.54 bits per heavy atom. The minimum absolute atomic E-state index is 0.139. The van der Waals surface area contributed by atoms with Gasteiger partial charge in [0, 0.05) is 19.3 Å². The Morgan fingerprint density at radius 3 is 2.62 bits per heavy atom. The molecule has 4 heteroatoms. The first-order chi connectivity index (χ1) is 5.98. The van der Waals surface area contributed by atoms with Crippen molar-refractivity contribution in [2.75, 3.05) is 20.3 Å². The SMILES string of the molecule is COCCCNC(C)(C)CC(=O)O. The summed E-state index contributed by atoms with van der Waals surface area (Å²) in [5.41, 5.74) is -0.334. The number of nitrogens with one attached hydrogen (secondary N) is 1. The smallest absolute Gasteiger partial charge is 0.305 e. The number of rotatable bonds is 7. The lowest BCUT2D eigenvalue weighted by molar-refractivity contribution is -0.138. The molecular weight excluding hydrogens is 170 g/mol. The Hall–Kier alpha value is -0.610. The van der Waals surface area contributed by atoms with E-state index in [1.54, 1.807) is 7.11 Å². The monoisotopic (exact) mass is 189 g/mol. The highest BCUT2D eigenvalue weighted by molar-refractivity contribution is 5.68. The summed E-state index contributed by atoms with van der Waals surface area (Å²) in [6, 6.07) is 0. The predicted molar refractivity (Wildman–Crippen MR) is 50.8 cm³/mol. The maximum atomic E-state index is 10.4. The minimum Gasteiger partial charge on any atom is -0.481 e. The van der Waals surface area contributed by atoms with E-state index in [4.69, 9.17) is 9.84 Å². The van der Waals surface area contributed by atoms with Crippen LogP contribution in [0.2, 0.25) is 0 Å². The van der Waals surface area contributed by atoms with Gasteiger partial charge in [-0.1, -0.05) is 0 Å². The lowest BCUT2D eigenvalue weighted by Gasteiger charge is -2.24. The summed E-state index contributed by atoms with van der Waals surface area (Å²) in [5, 5.41) is 11.8. The molecule has 0 heterocycles. The van der Waals surface area contributed by atoms with Crippen molar-refractivity contribution in [3.05, 3.63) is 0 Å². The maximum Gasteiger partial charge on any atom is 0.305 e. The zero-order valence-electron chi connectivity index (χ0n) is 8.59. The van der Waals surface area contributed by atoms with Gasteiger partial charge in [-0.3, -0.25) is 4.79 Å². The highest BCUT2D eigenvalue weighted by atomic mass is 16.5. The quantitative estimate of drug-likeness (QED) is 0.583. The summed E-state index contributed by atoms with van der Waals surface area (Å²) in [6.45, 7) is 5.26. The van der Waals surface area contributed by atoms with Gasteiger partial charge < -0.3 is 15.2 Å². The molecule has 78 valence electrons. The number of aliphatic carboxylic acids is 1. The van der Waals surface area contributed by atoms with Crippen molar-refractivity contribution in [1.82, 2.24) is 5.32 Å². The first-order valence-corrected chi connectivity index (χ1v) is 4.44. The van der Waals surface area contributed by atoms with Crippen LogP contribution in [0.5, 0.6) is 0 Å². The highest BCUT2D eigenvalue weighted by Gasteiger charge is 2.19. The summed E-state index contributed by atoms with van der Waals surface area (Å²) >= 11 is 0. The van der Waals surface area contributed by atoms with E-state index in [9.17, 15) is 4.79 Å². The fraction of sp³-hybridized carbons (Fsp3) is 0.889. The van der Waals surface area contributed by atoms with Crippen LogP contribution in [0.1, 0.15) is 26.7 Å². The molecule has 0 aromatic rings. The van der Waals surface area contributed by atoms with E-state index in [2.05, 4.69) is 5.32 Å². The molecule has 0 fully saturated rings. The molecule has 2 N–H and O–H groups in total. The molecule has 0 amide bonds. The van der Waals surface area contributed by atoms with Gasteiger partial charge >= 0.3 is 5.97 Å². The van der Waals surface area contributed by atoms with Crippen molar-refractivity contribution in [2.24, 2.45) is 0 Å². The van der Waals surface area contributed by atoms with Crippen molar-refractivity contribution in [3.8, 4) is 0 Å². The van der Waals surface area contributed by atoms with Crippen LogP contribution in [0.25, 0.3) is 0 Å². The maximum absolute atomic E-state index is 10.4. The molecule has 0 unspecified atom stereocenters. The molecule has 0 radical (unpaired) electrons. The van der Waals surface area contributed by atoms with Crippen molar-refractivity contribution in [2.45, 2.75) is 32.2 Å². The predicted octanol–water partition coefficient (Wildman–Crippen LogP) is 0.866. The van der Waals surface area contributed by atoms with Crippen LogP contribution in [-0.2, 0) is 9.53 Å². The molecule has 0 atom stereocenters. The fourth-order valence-electron chi connectivity index (χ4n) is 1.08. The van der Waals surface area contributed by atoms with Crippen LogP contribution >= 0.6 is 0 Å². The Bertz CT molecular complexity index is 157. The van der Waals surface area contributed by atoms with E-state index in [0.29, 0.717) is 6.61 Å². The van der Waals surface area contributed by atoms with Gasteiger partial charge in [0.2, 0.25) is 0 Å². The normalized spacial score (nSPS) is 11.6. The zero-order chi connectivity index (χ0) is 10.3. The summed E-state index contributed by atoms with van der Waals surface area (Å²) in [6.07, 6.45) is 1.04. The Balaban J connectivity index is 3.56. The summed E-state index contributed by atoms with van der Waals surface area (Å²) in [5.74, 6) is -0.774. The Labute approximate surface area is 79.3 Å². The molecule has 0 saturated heterocycles. The molecule has 0 bridgehead atoms. The summed E-state index contributed by atoms with van der Waals surface area (Å²) < 4.78 is 4.88.